The topological polar surface area (TPSA) is 17.1 Å². The van der Waals surface area contributed by atoms with Crippen LogP contribution in [0.2, 0.25) is 0 Å². The molecule has 0 radical (unpaired) electrons. The van der Waals surface area contributed by atoms with E-state index in [9.17, 15) is 4.79 Å². The molecule has 1 aliphatic rings. The second-order valence-electron chi connectivity index (χ2n) is 4.39. The summed E-state index contributed by atoms with van der Waals surface area (Å²) < 4.78 is 0. The van der Waals surface area contributed by atoms with Gasteiger partial charge in [-0.25, -0.2) is 0 Å². The SMILES string of the molecule is C=C/C=C/CC[C@@H](CC)C1=CC(=O)CCC1. The number of hydrogen-bond acceptors (Lipinski definition) is 1. The van der Waals surface area contributed by atoms with Gasteiger partial charge in [-0.05, 0) is 44.1 Å². The van der Waals surface area contributed by atoms with Crippen LogP contribution >= 0.6 is 0 Å². The third-order valence-electron chi connectivity index (χ3n) is 3.21. The summed E-state index contributed by atoms with van der Waals surface area (Å²) in [7, 11) is 0. The Morgan fingerprint density at radius 1 is 1.50 bits per heavy atom. The fraction of sp³-hybridized carbons (Fsp3) is 0.533. The summed E-state index contributed by atoms with van der Waals surface area (Å²) in [5.41, 5.74) is 1.38. The van der Waals surface area contributed by atoms with Gasteiger partial charge in [0.2, 0.25) is 0 Å². The van der Waals surface area contributed by atoms with Gasteiger partial charge in [-0.2, -0.15) is 0 Å². The lowest BCUT2D eigenvalue weighted by molar-refractivity contribution is -0.115. The summed E-state index contributed by atoms with van der Waals surface area (Å²) in [4.78, 5) is 11.4. The lowest BCUT2D eigenvalue weighted by Gasteiger charge is -2.21. The molecule has 0 fully saturated rings. The van der Waals surface area contributed by atoms with Gasteiger partial charge in [0, 0.05) is 6.42 Å². The highest BCUT2D eigenvalue weighted by atomic mass is 16.1. The highest BCUT2D eigenvalue weighted by molar-refractivity contribution is 5.91. The second-order valence-corrected chi connectivity index (χ2v) is 4.39. The van der Waals surface area contributed by atoms with Gasteiger partial charge in [-0.1, -0.05) is 37.3 Å². The van der Waals surface area contributed by atoms with Gasteiger partial charge in [-0.15, -0.1) is 0 Å². The molecule has 1 rings (SSSR count). The molecule has 16 heavy (non-hydrogen) atoms. The quantitative estimate of drug-likeness (QED) is 0.610. The Morgan fingerprint density at radius 2 is 2.31 bits per heavy atom. The first-order chi connectivity index (χ1) is 7.77. The van der Waals surface area contributed by atoms with Crippen LogP contribution in [0.25, 0.3) is 0 Å². The number of carbonyl (C=O) groups is 1. The van der Waals surface area contributed by atoms with E-state index in [1.165, 1.54) is 5.57 Å². The van der Waals surface area contributed by atoms with Crippen molar-refractivity contribution in [3.05, 3.63) is 36.5 Å². The number of hydrogen-bond donors (Lipinski definition) is 0. The van der Waals surface area contributed by atoms with Gasteiger partial charge in [0.1, 0.15) is 0 Å². The van der Waals surface area contributed by atoms with E-state index >= 15 is 0 Å². The second kappa shape index (κ2) is 7.21. The van der Waals surface area contributed by atoms with Crippen LogP contribution in [0, 0.1) is 5.92 Å². The zero-order valence-corrected chi connectivity index (χ0v) is 10.2. The van der Waals surface area contributed by atoms with Crippen LogP contribution < -0.4 is 0 Å². The summed E-state index contributed by atoms with van der Waals surface area (Å²) in [6, 6.07) is 0. The van der Waals surface area contributed by atoms with Crippen molar-refractivity contribution < 1.29 is 4.79 Å². The Labute approximate surface area is 98.9 Å². The van der Waals surface area contributed by atoms with Crippen molar-refractivity contribution in [2.24, 2.45) is 5.92 Å². The molecule has 88 valence electrons. The maximum atomic E-state index is 11.4. The molecule has 0 bridgehead atoms. The van der Waals surface area contributed by atoms with Gasteiger partial charge in [-0.3, -0.25) is 4.79 Å². The molecule has 1 aliphatic carbocycles. The van der Waals surface area contributed by atoms with Crippen LogP contribution in [-0.4, -0.2) is 5.78 Å². The summed E-state index contributed by atoms with van der Waals surface area (Å²) in [6.07, 6.45) is 14.1. The Morgan fingerprint density at radius 3 is 2.94 bits per heavy atom. The minimum absolute atomic E-state index is 0.321. The average Bonchev–Trinajstić information content (AvgIpc) is 2.29. The highest BCUT2D eigenvalue weighted by Gasteiger charge is 2.16. The van der Waals surface area contributed by atoms with E-state index < -0.39 is 0 Å². The maximum Gasteiger partial charge on any atom is 0.155 e. The summed E-state index contributed by atoms with van der Waals surface area (Å²) >= 11 is 0. The number of carbonyl (C=O) groups excluding carboxylic acids is 1. The molecule has 1 heteroatoms. The van der Waals surface area contributed by atoms with Crippen LogP contribution in [0.5, 0.6) is 0 Å². The third kappa shape index (κ3) is 4.18. The molecule has 0 saturated carbocycles. The van der Waals surface area contributed by atoms with Crippen molar-refractivity contribution in [1.82, 2.24) is 0 Å². The minimum atomic E-state index is 0.321. The van der Waals surface area contributed by atoms with Gasteiger partial charge in [0.25, 0.3) is 0 Å². The Balaban J connectivity index is 2.49. The van der Waals surface area contributed by atoms with Gasteiger partial charge >= 0.3 is 0 Å². The van der Waals surface area contributed by atoms with E-state index in [2.05, 4.69) is 19.6 Å². The Hall–Kier alpha value is -1.11. The van der Waals surface area contributed by atoms with E-state index in [1.54, 1.807) is 0 Å². The van der Waals surface area contributed by atoms with E-state index in [1.807, 2.05) is 18.2 Å². The predicted octanol–water partition coefficient (Wildman–Crippen LogP) is 4.21. The molecular formula is C15H22O. The molecule has 0 aromatic heterocycles. The predicted molar refractivity (Wildman–Crippen MR) is 69.3 cm³/mol. The van der Waals surface area contributed by atoms with Crippen molar-refractivity contribution in [3.63, 3.8) is 0 Å². The van der Waals surface area contributed by atoms with Crippen LogP contribution in [0.1, 0.15) is 45.4 Å². The summed E-state index contributed by atoms with van der Waals surface area (Å²) in [6.45, 7) is 5.86. The lowest BCUT2D eigenvalue weighted by atomic mass is 9.84. The number of ketones is 1. The van der Waals surface area contributed by atoms with Crippen molar-refractivity contribution in [2.45, 2.75) is 45.4 Å². The fourth-order valence-corrected chi connectivity index (χ4v) is 2.28. The van der Waals surface area contributed by atoms with E-state index in [4.69, 9.17) is 0 Å². The molecule has 0 spiro atoms. The molecule has 0 aromatic carbocycles. The molecule has 0 saturated heterocycles. The number of allylic oxidation sites excluding steroid dienone is 5. The van der Waals surface area contributed by atoms with Crippen molar-refractivity contribution in [2.75, 3.05) is 0 Å². The molecule has 0 N–H and O–H groups in total. The van der Waals surface area contributed by atoms with Crippen LogP contribution in [-0.2, 0) is 4.79 Å². The lowest BCUT2D eigenvalue weighted by Crippen LogP contribution is -2.10. The van der Waals surface area contributed by atoms with E-state index in [0.29, 0.717) is 11.7 Å². The smallest absolute Gasteiger partial charge is 0.155 e. The molecule has 0 heterocycles. The maximum absolute atomic E-state index is 11.4. The van der Waals surface area contributed by atoms with Crippen molar-refractivity contribution in [1.29, 1.82) is 0 Å². The molecule has 0 unspecified atom stereocenters. The highest BCUT2D eigenvalue weighted by Crippen LogP contribution is 2.28. The fourth-order valence-electron chi connectivity index (χ4n) is 2.28. The average molecular weight is 218 g/mol. The number of rotatable bonds is 6. The normalized spacial score (nSPS) is 18.6. The molecular weight excluding hydrogens is 196 g/mol. The first-order valence-electron chi connectivity index (χ1n) is 6.28. The third-order valence-corrected chi connectivity index (χ3v) is 3.21. The van der Waals surface area contributed by atoms with Crippen LogP contribution in [0.3, 0.4) is 0 Å². The zero-order valence-electron chi connectivity index (χ0n) is 10.2. The van der Waals surface area contributed by atoms with Gasteiger partial charge in [0.05, 0.1) is 0 Å². The minimum Gasteiger partial charge on any atom is -0.295 e. The van der Waals surface area contributed by atoms with Crippen molar-refractivity contribution >= 4 is 5.78 Å². The van der Waals surface area contributed by atoms with E-state index in [-0.39, 0.29) is 0 Å². The van der Waals surface area contributed by atoms with Gasteiger partial charge < -0.3 is 0 Å². The van der Waals surface area contributed by atoms with Crippen LogP contribution in [0.15, 0.2) is 36.5 Å². The first-order valence-corrected chi connectivity index (χ1v) is 6.28. The standard InChI is InChI=1S/C15H22O/c1-3-5-6-7-9-13(4-2)14-10-8-11-15(16)12-14/h3,5-6,12-13H,1,4,7-11H2,2H3/b6-5+/t13-/m1/s1. The molecule has 0 aliphatic heterocycles. The first kappa shape index (κ1) is 13.0. The molecule has 0 aromatic rings. The van der Waals surface area contributed by atoms with Crippen LogP contribution in [0.4, 0.5) is 0 Å². The monoisotopic (exact) mass is 218 g/mol. The van der Waals surface area contributed by atoms with Gasteiger partial charge in [0.15, 0.2) is 5.78 Å². The summed E-state index contributed by atoms with van der Waals surface area (Å²) in [5, 5.41) is 0. The van der Waals surface area contributed by atoms with Crippen molar-refractivity contribution in [3.8, 4) is 0 Å². The zero-order chi connectivity index (χ0) is 11.8. The molecule has 1 atom stereocenters. The van der Waals surface area contributed by atoms with E-state index in [0.717, 1.165) is 38.5 Å². The molecule has 0 amide bonds. The molecule has 1 nitrogen and oxygen atoms in total. The largest absolute Gasteiger partial charge is 0.295 e. The Kier molecular flexibility index (Phi) is 5.84. The Bertz CT molecular complexity index is 297. The summed E-state index contributed by atoms with van der Waals surface area (Å²) in [5.74, 6) is 0.917.